The van der Waals surface area contributed by atoms with Gasteiger partial charge in [0.15, 0.2) is 0 Å². The number of benzene rings is 2. The lowest BCUT2D eigenvalue weighted by atomic mass is 9.71. The minimum absolute atomic E-state index is 0.0171. The summed E-state index contributed by atoms with van der Waals surface area (Å²) in [5.74, 6) is 1.30. The van der Waals surface area contributed by atoms with Gasteiger partial charge in [0, 0.05) is 31.3 Å². The number of ether oxygens (including phenoxy) is 2. The normalized spacial score (nSPS) is 14.4. The molecule has 0 aliphatic heterocycles. The van der Waals surface area contributed by atoms with E-state index in [1.807, 2.05) is 59.0 Å². The highest BCUT2D eigenvalue weighted by Gasteiger charge is 2.43. The Morgan fingerprint density at radius 1 is 0.769 bits per heavy atom. The first-order chi connectivity index (χ1) is 18.7. The molecule has 2 amide bonds. The zero-order valence-electron chi connectivity index (χ0n) is 24.4. The van der Waals surface area contributed by atoms with E-state index in [-0.39, 0.29) is 18.2 Å². The van der Waals surface area contributed by atoms with E-state index >= 15 is 0 Å². The van der Waals surface area contributed by atoms with Crippen molar-refractivity contribution in [1.29, 1.82) is 0 Å². The van der Waals surface area contributed by atoms with Gasteiger partial charge in [-0.2, -0.15) is 0 Å². The van der Waals surface area contributed by atoms with Gasteiger partial charge in [0.2, 0.25) is 11.8 Å². The van der Waals surface area contributed by atoms with Crippen molar-refractivity contribution in [3.05, 3.63) is 82.6 Å². The number of hydrogen-bond acceptors (Lipinski definition) is 5. The van der Waals surface area contributed by atoms with Gasteiger partial charge in [-0.15, -0.1) is 0 Å². The third kappa shape index (κ3) is 6.36. The average Bonchev–Trinajstić information content (AvgIpc) is 3.24. The van der Waals surface area contributed by atoms with Crippen LogP contribution in [-0.2, 0) is 24.5 Å². The molecule has 0 bridgehead atoms. The minimum Gasteiger partial charge on any atom is -0.500 e. The standard InChI is InChI=1S/C32H43N3O4/c1-22(24(3)38-6)35(23(2)25(4)39-7)31(37)17-19-32(18-16-30(36)34-21-20-33-5)28-14-10-8-12-26(28)27-13-9-11-15-29(27)32/h8-15,33H,16-21H2,1-7H3,(H,34,36)/b24-22-,25-23+. The first kappa shape index (κ1) is 30.0. The van der Waals surface area contributed by atoms with Crippen molar-refractivity contribution in [1.82, 2.24) is 15.5 Å². The maximum atomic E-state index is 14.0. The monoisotopic (exact) mass is 533 g/mol. The van der Waals surface area contributed by atoms with E-state index in [4.69, 9.17) is 9.47 Å². The summed E-state index contributed by atoms with van der Waals surface area (Å²) in [5, 5.41) is 6.06. The summed E-state index contributed by atoms with van der Waals surface area (Å²) in [4.78, 5) is 28.5. The van der Waals surface area contributed by atoms with Crippen molar-refractivity contribution in [2.24, 2.45) is 0 Å². The minimum atomic E-state index is -0.462. The second kappa shape index (κ2) is 13.5. The van der Waals surface area contributed by atoms with E-state index in [1.54, 1.807) is 19.1 Å². The van der Waals surface area contributed by atoms with Gasteiger partial charge in [0.1, 0.15) is 11.5 Å². The Kier molecular flexibility index (Phi) is 10.4. The average molecular weight is 534 g/mol. The molecule has 0 saturated heterocycles. The van der Waals surface area contributed by atoms with Crippen LogP contribution in [0, 0.1) is 0 Å². The van der Waals surface area contributed by atoms with Crippen LogP contribution in [0.1, 0.15) is 64.5 Å². The molecule has 39 heavy (non-hydrogen) atoms. The number of amides is 2. The molecule has 0 spiro atoms. The number of carbonyl (C=O) groups excluding carboxylic acids is 2. The summed E-state index contributed by atoms with van der Waals surface area (Å²) in [5.41, 5.74) is 5.68. The number of rotatable bonds is 13. The van der Waals surface area contributed by atoms with Crippen molar-refractivity contribution in [3.63, 3.8) is 0 Å². The zero-order chi connectivity index (χ0) is 28.6. The van der Waals surface area contributed by atoms with Crippen molar-refractivity contribution < 1.29 is 19.1 Å². The molecule has 0 fully saturated rings. The fraction of sp³-hybridized carbons (Fsp3) is 0.438. The summed E-state index contributed by atoms with van der Waals surface area (Å²) >= 11 is 0. The molecule has 0 unspecified atom stereocenters. The Hall–Kier alpha value is -3.58. The molecule has 0 atom stereocenters. The van der Waals surface area contributed by atoms with Crippen molar-refractivity contribution in [3.8, 4) is 11.1 Å². The quantitative estimate of drug-likeness (QED) is 0.264. The molecule has 210 valence electrons. The number of fused-ring (bicyclic) bond motifs is 3. The molecule has 0 radical (unpaired) electrons. The Morgan fingerprint density at radius 2 is 1.26 bits per heavy atom. The number of allylic oxidation sites excluding steroid dienone is 4. The van der Waals surface area contributed by atoms with Crippen LogP contribution in [0.5, 0.6) is 0 Å². The topological polar surface area (TPSA) is 79.9 Å². The highest BCUT2D eigenvalue weighted by atomic mass is 16.5. The van der Waals surface area contributed by atoms with Crippen molar-refractivity contribution >= 4 is 11.8 Å². The first-order valence-electron chi connectivity index (χ1n) is 13.6. The van der Waals surface area contributed by atoms with Crippen LogP contribution in [-0.4, -0.2) is 51.1 Å². The van der Waals surface area contributed by atoms with E-state index in [0.717, 1.165) is 11.4 Å². The molecule has 2 N–H and O–H groups in total. The maximum Gasteiger partial charge on any atom is 0.231 e. The van der Waals surface area contributed by atoms with Crippen LogP contribution in [0.15, 0.2) is 71.4 Å². The van der Waals surface area contributed by atoms with Crippen LogP contribution in [0.4, 0.5) is 0 Å². The number of nitrogens with one attached hydrogen (secondary N) is 2. The third-order valence-electron chi connectivity index (χ3n) is 7.97. The highest BCUT2D eigenvalue weighted by molar-refractivity contribution is 5.84. The van der Waals surface area contributed by atoms with Gasteiger partial charge >= 0.3 is 0 Å². The highest BCUT2D eigenvalue weighted by Crippen LogP contribution is 2.53. The van der Waals surface area contributed by atoms with Gasteiger partial charge in [-0.1, -0.05) is 48.5 Å². The molecule has 7 nitrogen and oxygen atoms in total. The molecule has 7 heteroatoms. The van der Waals surface area contributed by atoms with Crippen molar-refractivity contribution in [2.75, 3.05) is 34.4 Å². The van der Waals surface area contributed by atoms with E-state index in [1.165, 1.54) is 22.3 Å². The molecule has 2 aromatic carbocycles. The molecule has 0 aromatic heterocycles. The molecule has 0 heterocycles. The molecular weight excluding hydrogens is 490 g/mol. The number of carbonyl (C=O) groups is 2. The van der Waals surface area contributed by atoms with E-state index in [9.17, 15) is 9.59 Å². The second-order valence-electron chi connectivity index (χ2n) is 10.0. The number of nitrogens with zero attached hydrogens (tertiary/aromatic N) is 1. The lowest BCUT2D eigenvalue weighted by Gasteiger charge is -2.34. The van der Waals surface area contributed by atoms with Crippen LogP contribution >= 0.6 is 0 Å². The Labute approximate surface area is 233 Å². The fourth-order valence-corrected chi connectivity index (χ4v) is 5.49. The van der Waals surface area contributed by atoms with Gasteiger partial charge < -0.3 is 20.1 Å². The molecule has 1 aliphatic carbocycles. The van der Waals surface area contributed by atoms with Crippen LogP contribution in [0.3, 0.4) is 0 Å². The van der Waals surface area contributed by atoms with Crippen LogP contribution in [0.25, 0.3) is 11.1 Å². The lowest BCUT2D eigenvalue weighted by Crippen LogP contribution is -2.35. The summed E-state index contributed by atoms with van der Waals surface area (Å²) in [6, 6.07) is 16.8. The summed E-state index contributed by atoms with van der Waals surface area (Å²) in [7, 11) is 5.07. The molecule has 2 aromatic rings. The van der Waals surface area contributed by atoms with Gasteiger partial charge in [-0.25, -0.2) is 0 Å². The fourth-order valence-electron chi connectivity index (χ4n) is 5.49. The zero-order valence-corrected chi connectivity index (χ0v) is 24.4. The number of likely N-dealkylation sites (N-methyl/N-ethyl adjacent to an activating group) is 1. The van der Waals surface area contributed by atoms with E-state index < -0.39 is 5.41 Å². The number of hydrogen-bond donors (Lipinski definition) is 2. The van der Waals surface area contributed by atoms with Gasteiger partial charge in [0.25, 0.3) is 0 Å². The Morgan fingerprint density at radius 3 is 1.74 bits per heavy atom. The Balaban J connectivity index is 2.01. The molecule has 1 aliphatic rings. The predicted molar refractivity (Wildman–Crippen MR) is 156 cm³/mol. The predicted octanol–water partition coefficient (Wildman–Crippen LogP) is 5.47. The molecular formula is C32H43N3O4. The van der Waals surface area contributed by atoms with Gasteiger partial charge in [-0.05, 0) is 69.8 Å². The maximum absolute atomic E-state index is 14.0. The van der Waals surface area contributed by atoms with E-state index in [2.05, 4.69) is 34.9 Å². The summed E-state index contributed by atoms with van der Waals surface area (Å²) < 4.78 is 11.0. The smallest absolute Gasteiger partial charge is 0.231 e. The largest absolute Gasteiger partial charge is 0.500 e. The van der Waals surface area contributed by atoms with Gasteiger partial charge in [-0.3, -0.25) is 14.5 Å². The van der Waals surface area contributed by atoms with Gasteiger partial charge in [0.05, 0.1) is 25.6 Å². The number of methoxy groups -OCH3 is 2. The van der Waals surface area contributed by atoms with E-state index in [0.29, 0.717) is 43.9 Å². The first-order valence-corrected chi connectivity index (χ1v) is 13.6. The summed E-state index contributed by atoms with van der Waals surface area (Å²) in [6.45, 7) is 8.76. The molecule has 3 rings (SSSR count). The van der Waals surface area contributed by atoms with Crippen LogP contribution in [0.2, 0.25) is 0 Å². The summed E-state index contributed by atoms with van der Waals surface area (Å²) in [6.07, 6.45) is 1.83. The third-order valence-corrected chi connectivity index (χ3v) is 7.97. The van der Waals surface area contributed by atoms with Crippen LogP contribution < -0.4 is 10.6 Å². The SMILES string of the molecule is CNCCNC(=O)CCC1(CCC(=O)N(/C(C)=C(/C)OC)/C(C)=C(\C)OC)c2ccccc2-c2ccccc21. The Bertz CT molecular complexity index is 1180. The second-order valence-corrected chi connectivity index (χ2v) is 10.0. The van der Waals surface area contributed by atoms with Crippen molar-refractivity contribution in [2.45, 2.75) is 58.8 Å². The lowest BCUT2D eigenvalue weighted by molar-refractivity contribution is -0.128. The molecule has 0 saturated carbocycles.